The first-order chi connectivity index (χ1) is 25.9. The lowest BCUT2D eigenvalue weighted by molar-refractivity contribution is -0.166. The summed E-state index contributed by atoms with van der Waals surface area (Å²) in [6.07, 6.45) is -5.15. The average molecular weight is 739 g/mol. The van der Waals surface area contributed by atoms with Gasteiger partial charge in [-0.3, -0.25) is 19.2 Å². The highest BCUT2D eigenvalue weighted by molar-refractivity contribution is 5.92. The van der Waals surface area contributed by atoms with Crippen LogP contribution in [-0.4, -0.2) is 54.5 Å². The number of nitrogens with two attached hydrogens (primary N) is 4. The van der Waals surface area contributed by atoms with Crippen LogP contribution >= 0.6 is 0 Å². The van der Waals surface area contributed by atoms with Crippen molar-refractivity contribution in [1.29, 1.82) is 0 Å². The molecule has 0 fully saturated rings. The lowest BCUT2D eigenvalue weighted by Gasteiger charge is -2.22. The Balaban J connectivity index is 1.02. The third kappa shape index (κ3) is 8.40. The number of rotatable bonds is 13. The van der Waals surface area contributed by atoms with Crippen LogP contribution in [-0.2, 0) is 40.0 Å². The molecule has 0 radical (unpaired) electrons. The zero-order valence-corrected chi connectivity index (χ0v) is 28.4. The lowest BCUT2D eigenvalue weighted by Crippen LogP contribution is -2.39. The zero-order valence-electron chi connectivity index (χ0n) is 28.4. The van der Waals surface area contributed by atoms with Gasteiger partial charge in [-0.05, 0) is 77.9 Å². The maximum absolute atomic E-state index is 12.8. The first-order valence-electron chi connectivity index (χ1n) is 16.5. The number of carbonyl (C=O) groups is 6. The number of primary amides is 2. The van der Waals surface area contributed by atoms with Gasteiger partial charge in [0.25, 0.3) is 11.8 Å². The van der Waals surface area contributed by atoms with Gasteiger partial charge in [0.1, 0.15) is 23.4 Å². The van der Waals surface area contributed by atoms with Crippen molar-refractivity contribution in [2.75, 3.05) is 18.1 Å². The molecule has 4 atom stereocenters. The summed E-state index contributed by atoms with van der Waals surface area (Å²) in [6, 6.07) is 21.5. The summed E-state index contributed by atoms with van der Waals surface area (Å²) < 4.78 is 33.0. The van der Waals surface area contributed by atoms with Crippen LogP contribution in [0.25, 0.3) is 0 Å². The number of hydrogen-bond acceptors (Lipinski definition) is 14. The van der Waals surface area contributed by atoms with Crippen molar-refractivity contribution in [3.8, 4) is 17.2 Å². The standard InChI is InChI=1S/C38H34N4O12/c39-22-5-1-19(2-6-22)37(47)51-24-9-11-26-21(15-24)17-50-32(26)34(36(42)46)54-31(44)14-13-30(43)53-33(35(41)45)28-18-49-29-16-25(10-12-27(28)29)52-38(48)20-3-7-23(40)8-4-20/h1-12,15-16,28,32-34H,13-14,17-18,39-40H2,(H2,41,45)(H2,42,46)/t28-,32+,33+,34+/m1/s1. The SMILES string of the molecule is NC(=O)[C@@H](OC(=O)CCC(=O)O[C@H](C(N)=O)[C@H]1OCc2cc(OC(=O)c3ccc(N)cc3)ccc21)[C@@H]1COc2cc(OC(=O)c3ccc(N)cc3)ccc21. The molecule has 2 amide bonds. The van der Waals surface area contributed by atoms with Crippen LogP contribution in [0.2, 0.25) is 0 Å². The van der Waals surface area contributed by atoms with Crippen LogP contribution in [0.5, 0.6) is 17.2 Å². The van der Waals surface area contributed by atoms with Gasteiger partial charge in [-0.1, -0.05) is 12.1 Å². The van der Waals surface area contributed by atoms with Crippen LogP contribution in [0.3, 0.4) is 0 Å². The minimum atomic E-state index is -1.56. The maximum atomic E-state index is 12.8. The number of esters is 4. The van der Waals surface area contributed by atoms with E-state index in [1.807, 2.05) is 0 Å². The Labute approximate surface area is 307 Å². The van der Waals surface area contributed by atoms with E-state index in [0.29, 0.717) is 28.1 Å². The summed E-state index contributed by atoms with van der Waals surface area (Å²) in [5.41, 5.74) is 25.6. The van der Waals surface area contributed by atoms with E-state index in [-0.39, 0.29) is 41.6 Å². The highest BCUT2D eigenvalue weighted by atomic mass is 16.6. The second-order valence-corrected chi connectivity index (χ2v) is 12.4. The third-order valence-corrected chi connectivity index (χ3v) is 8.61. The van der Waals surface area contributed by atoms with Gasteiger partial charge in [-0.2, -0.15) is 0 Å². The van der Waals surface area contributed by atoms with Crippen LogP contribution in [0.4, 0.5) is 11.4 Å². The number of carbonyl (C=O) groups excluding carboxylic acids is 6. The van der Waals surface area contributed by atoms with Crippen molar-refractivity contribution < 1.29 is 57.2 Å². The fourth-order valence-electron chi connectivity index (χ4n) is 5.88. The van der Waals surface area contributed by atoms with Crippen LogP contribution in [0.15, 0.2) is 84.9 Å². The van der Waals surface area contributed by atoms with Crippen LogP contribution in [0.1, 0.15) is 62.3 Å². The maximum Gasteiger partial charge on any atom is 0.343 e. The molecule has 4 aromatic carbocycles. The lowest BCUT2D eigenvalue weighted by atomic mass is 9.94. The number of amides is 2. The highest BCUT2D eigenvalue weighted by Crippen LogP contribution is 2.40. The van der Waals surface area contributed by atoms with Gasteiger partial charge in [0, 0.05) is 23.0 Å². The number of benzene rings is 4. The average Bonchev–Trinajstić information content (AvgIpc) is 3.76. The van der Waals surface area contributed by atoms with Crippen molar-refractivity contribution in [3.63, 3.8) is 0 Å². The van der Waals surface area contributed by atoms with Gasteiger partial charge >= 0.3 is 23.9 Å². The predicted octanol–water partition coefficient (Wildman–Crippen LogP) is 2.61. The van der Waals surface area contributed by atoms with Gasteiger partial charge < -0.3 is 51.4 Å². The number of nitrogen functional groups attached to an aromatic ring is 2. The van der Waals surface area contributed by atoms with E-state index in [1.54, 1.807) is 42.5 Å². The molecule has 2 heterocycles. The molecule has 16 heteroatoms. The summed E-state index contributed by atoms with van der Waals surface area (Å²) in [5, 5.41) is 0. The molecule has 0 saturated heterocycles. The third-order valence-electron chi connectivity index (χ3n) is 8.61. The molecule has 0 spiro atoms. The molecule has 8 N–H and O–H groups in total. The summed E-state index contributed by atoms with van der Waals surface area (Å²) in [6.45, 7) is -0.0806. The topological polar surface area (TPSA) is 262 Å². The fourth-order valence-corrected chi connectivity index (χ4v) is 5.88. The normalized spacial score (nSPS) is 16.4. The van der Waals surface area contributed by atoms with Gasteiger partial charge in [0.05, 0.1) is 43.1 Å². The quantitative estimate of drug-likeness (QED) is 0.0873. The molecule has 0 aliphatic carbocycles. The number of ether oxygens (including phenoxy) is 6. The van der Waals surface area contributed by atoms with E-state index in [9.17, 15) is 28.8 Å². The van der Waals surface area contributed by atoms with Gasteiger partial charge in [-0.25, -0.2) is 9.59 Å². The van der Waals surface area contributed by atoms with Crippen LogP contribution < -0.4 is 37.1 Å². The summed E-state index contributed by atoms with van der Waals surface area (Å²) >= 11 is 0. The smallest absolute Gasteiger partial charge is 0.343 e. The molecule has 2 aliphatic heterocycles. The molecule has 6 rings (SSSR count). The van der Waals surface area contributed by atoms with E-state index < -0.39 is 72.8 Å². The number of hydrogen-bond donors (Lipinski definition) is 4. The highest BCUT2D eigenvalue weighted by Gasteiger charge is 2.39. The molecule has 2 aliphatic rings. The predicted molar refractivity (Wildman–Crippen MR) is 188 cm³/mol. The van der Waals surface area contributed by atoms with Crippen molar-refractivity contribution in [3.05, 3.63) is 113 Å². The first-order valence-corrected chi connectivity index (χ1v) is 16.5. The van der Waals surface area contributed by atoms with E-state index in [1.165, 1.54) is 42.5 Å². The monoisotopic (exact) mass is 738 g/mol. The zero-order chi connectivity index (χ0) is 38.5. The molecule has 0 saturated carbocycles. The van der Waals surface area contributed by atoms with Crippen molar-refractivity contribution in [2.45, 2.75) is 43.7 Å². The fraction of sp³-hybridized carbons (Fsp3) is 0.211. The Morgan fingerprint density at radius 1 is 0.648 bits per heavy atom. The summed E-state index contributed by atoms with van der Waals surface area (Å²) in [5.74, 6) is -5.23. The summed E-state index contributed by atoms with van der Waals surface area (Å²) in [7, 11) is 0. The Morgan fingerprint density at radius 3 is 1.69 bits per heavy atom. The van der Waals surface area contributed by atoms with E-state index in [2.05, 4.69) is 0 Å². The number of anilines is 2. The Morgan fingerprint density at radius 2 is 1.15 bits per heavy atom. The van der Waals surface area contributed by atoms with Crippen LogP contribution in [0, 0.1) is 0 Å². The first kappa shape index (κ1) is 36.8. The summed E-state index contributed by atoms with van der Waals surface area (Å²) in [4.78, 5) is 75.4. The Hall–Kier alpha value is -6.94. The van der Waals surface area contributed by atoms with Gasteiger partial charge in [0.15, 0.2) is 6.10 Å². The van der Waals surface area contributed by atoms with Crippen molar-refractivity contribution >= 4 is 47.1 Å². The molecule has 278 valence electrons. The van der Waals surface area contributed by atoms with E-state index >= 15 is 0 Å². The van der Waals surface area contributed by atoms with Gasteiger partial charge in [0.2, 0.25) is 6.10 Å². The molecule has 0 unspecified atom stereocenters. The largest absolute Gasteiger partial charge is 0.492 e. The van der Waals surface area contributed by atoms with E-state index in [0.717, 1.165) is 0 Å². The molecular formula is C38H34N4O12. The second kappa shape index (κ2) is 15.7. The molecular weight excluding hydrogens is 704 g/mol. The molecule has 0 bridgehead atoms. The molecule has 0 aromatic heterocycles. The molecule has 16 nitrogen and oxygen atoms in total. The Kier molecular flexibility index (Phi) is 10.7. The van der Waals surface area contributed by atoms with Crippen molar-refractivity contribution in [1.82, 2.24) is 0 Å². The molecule has 54 heavy (non-hydrogen) atoms. The minimum Gasteiger partial charge on any atom is -0.492 e. The number of fused-ring (bicyclic) bond motifs is 2. The Bertz CT molecular complexity index is 1970. The minimum absolute atomic E-state index is 0.000484. The van der Waals surface area contributed by atoms with Crippen molar-refractivity contribution in [2.24, 2.45) is 11.5 Å². The molecule has 4 aromatic rings. The van der Waals surface area contributed by atoms with E-state index in [4.69, 9.17) is 51.4 Å². The second-order valence-electron chi connectivity index (χ2n) is 12.4. The van der Waals surface area contributed by atoms with Gasteiger partial charge in [-0.15, -0.1) is 0 Å².